The fraction of sp³-hybridized carbons (Fsp3) is 0.364. The van der Waals surface area contributed by atoms with Crippen molar-refractivity contribution in [2.75, 3.05) is 5.73 Å². The molecule has 0 saturated carbocycles. The van der Waals surface area contributed by atoms with Gasteiger partial charge in [0.25, 0.3) is 0 Å². The van der Waals surface area contributed by atoms with Crippen LogP contribution in [-0.2, 0) is 14.8 Å². The minimum absolute atomic E-state index is 0.0487. The van der Waals surface area contributed by atoms with Crippen LogP contribution >= 0.6 is 0 Å². The Labute approximate surface area is 106 Å². The summed E-state index contributed by atoms with van der Waals surface area (Å²) in [6.45, 7) is 1.83. The van der Waals surface area contributed by atoms with Gasteiger partial charge in [0.1, 0.15) is 10.9 Å². The highest BCUT2D eigenvalue weighted by Gasteiger charge is 2.24. The maximum absolute atomic E-state index is 12.0. The van der Waals surface area contributed by atoms with Crippen molar-refractivity contribution < 1.29 is 13.2 Å². The van der Waals surface area contributed by atoms with Crippen molar-refractivity contribution in [1.82, 2.24) is 4.72 Å². The van der Waals surface area contributed by atoms with Crippen molar-refractivity contribution in [2.24, 2.45) is 5.73 Å². The van der Waals surface area contributed by atoms with Gasteiger partial charge in [-0.15, -0.1) is 0 Å². The lowest BCUT2D eigenvalue weighted by molar-refractivity contribution is -0.119. The molecule has 0 aliphatic rings. The van der Waals surface area contributed by atoms with Crippen LogP contribution in [-0.4, -0.2) is 20.4 Å². The number of rotatable bonds is 6. The standard InChI is InChI=1S/C11H17N3O3S/c1-2-5-9(11(13)15)14-18(16,17)10-7-4-3-6-8(10)12/h3-4,6-7,9,14H,2,5,12H2,1H3,(H2,13,15). The highest BCUT2D eigenvalue weighted by molar-refractivity contribution is 7.89. The summed E-state index contributed by atoms with van der Waals surface area (Å²) in [6, 6.07) is 5.13. The predicted octanol–water partition coefficient (Wildman–Crippen LogP) is 0.201. The molecule has 7 heteroatoms. The summed E-state index contributed by atoms with van der Waals surface area (Å²) in [7, 11) is -3.83. The van der Waals surface area contributed by atoms with E-state index in [9.17, 15) is 13.2 Å². The molecule has 6 nitrogen and oxygen atoms in total. The van der Waals surface area contributed by atoms with Crippen molar-refractivity contribution in [1.29, 1.82) is 0 Å². The fourth-order valence-electron chi connectivity index (χ4n) is 1.52. The van der Waals surface area contributed by atoms with Crippen LogP contribution in [0.15, 0.2) is 29.2 Å². The molecule has 0 aliphatic heterocycles. The number of nitrogen functional groups attached to an aromatic ring is 1. The third kappa shape index (κ3) is 3.44. The second-order valence-corrected chi connectivity index (χ2v) is 5.59. The molecule has 1 aromatic rings. The molecule has 0 bridgehead atoms. The molecule has 1 amide bonds. The zero-order valence-corrected chi connectivity index (χ0v) is 10.9. The number of para-hydroxylation sites is 1. The number of primary amides is 1. The number of nitrogens with two attached hydrogens (primary N) is 2. The zero-order valence-electron chi connectivity index (χ0n) is 10.1. The Balaban J connectivity index is 3.01. The normalized spacial score (nSPS) is 13.2. The number of nitrogens with one attached hydrogen (secondary N) is 1. The van der Waals surface area contributed by atoms with E-state index in [1.54, 1.807) is 12.1 Å². The van der Waals surface area contributed by atoms with Gasteiger partial charge in [-0.25, -0.2) is 8.42 Å². The van der Waals surface area contributed by atoms with Crippen molar-refractivity contribution in [3.63, 3.8) is 0 Å². The first-order valence-electron chi connectivity index (χ1n) is 5.54. The van der Waals surface area contributed by atoms with Crippen LogP contribution in [0, 0.1) is 0 Å². The maximum atomic E-state index is 12.0. The average Bonchev–Trinajstić information content (AvgIpc) is 2.28. The van der Waals surface area contributed by atoms with Crippen LogP contribution in [0.25, 0.3) is 0 Å². The molecule has 18 heavy (non-hydrogen) atoms. The molecular formula is C11H17N3O3S. The Morgan fingerprint density at radius 1 is 1.39 bits per heavy atom. The quantitative estimate of drug-likeness (QED) is 0.641. The first-order chi connectivity index (χ1) is 8.38. The van der Waals surface area contributed by atoms with Crippen LogP contribution in [0.5, 0.6) is 0 Å². The lowest BCUT2D eigenvalue weighted by Gasteiger charge is -2.15. The molecule has 0 spiro atoms. The van der Waals surface area contributed by atoms with Gasteiger partial charge in [0, 0.05) is 0 Å². The zero-order chi connectivity index (χ0) is 13.8. The lowest BCUT2D eigenvalue weighted by atomic mass is 10.2. The number of sulfonamides is 1. The molecule has 0 saturated heterocycles. The topological polar surface area (TPSA) is 115 Å². The largest absolute Gasteiger partial charge is 0.398 e. The summed E-state index contributed by atoms with van der Waals surface area (Å²) >= 11 is 0. The van der Waals surface area contributed by atoms with Crippen LogP contribution < -0.4 is 16.2 Å². The van der Waals surface area contributed by atoms with Crippen molar-refractivity contribution in [3.05, 3.63) is 24.3 Å². The predicted molar refractivity (Wildman–Crippen MR) is 69.1 cm³/mol. The summed E-state index contributed by atoms with van der Waals surface area (Å²) in [4.78, 5) is 11.1. The minimum atomic E-state index is -3.83. The molecule has 0 heterocycles. The molecular weight excluding hydrogens is 254 g/mol. The molecule has 0 fully saturated rings. The van der Waals surface area contributed by atoms with Crippen LogP contribution in [0.1, 0.15) is 19.8 Å². The Morgan fingerprint density at radius 2 is 2.00 bits per heavy atom. The Hall–Kier alpha value is -1.60. The van der Waals surface area contributed by atoms with Gasteiger partial charge >= 0.3 is 0 Å². The second-order valence-electron chi connectivity index (χ2n) is 3.90. The summed E-state index contributed by atoms with van der Waals surface area (Å²) in [5.74, 6) is -0.699. The SMILES string of the molecule is CCCC(NS(=O)(=O)c1ccccc1N)C(N)=O. The van der Waals surface area contributed by atoms with Gasteiger partial charge in [-0.1, -0.05) is 25.5 Å². The number of anilines is 1. The van der Waals surface area contributed by atoms with E-state index in [0.717, 1.165) is 0 Å². The summed E-state index contributed by atoms with van der Waals surface area (Å²) in [5, 5.41) is 0. The van der Waals surface area contributed by atoms with Crippen molar-refractivity contribution in [3.8, 4) is 0 Å². The van der Waals surface area contributed by atoms with Crippen molar-refractivity contribution >= 4 is 21.6 Å². The molecule has 1 atom stereocenters. The Kier molecular flexibility index (Phi) is 4.69. The van der Waals surface area contributed by atoms with E-state index >= 15 is 0 Å². The molecule has 100 valence electrons. The molecule has 0 aliphatic carbocycles. The van der Waals surface area contributed by atoms with E-state index in [2.05, 4.69) is 4.72 Å². The number of carbonyl (C=O) groups excluding carboxylic acids is 1. The van der Waals surface area contributed by atoms with Crippen LogP contribution in [0.4, 0.5) is 5.69 Å². The highest BCUT2D eigenvalue weighted by Crippen LogP contribution is 2.17. The number of hydrogen-bond acceptors (Lipinski definition) is 4. The minimum Gasteiger partial charge on any atom is -0.398 e. The first-order valence-corrected chi connectivity index (χ1v) is 7.03. The molecule has 0 radical (unpaired) electrons. The maximum Gasteiger partial charge on any atom is 0.243 e. The van der Waals surface area contributed by atoms with Gasteiger partial charge in [0.05, 0.1) is 5.69 Å². The molecule has 5 N–H and O–H groups in total. The van der Waals surface area contributed by atoms with Gasteiger partial charge in [0.15, 0.2) is 0 Å². The summed E-state index contributed by atoms with van der Waals surface area (Å²) < 4.78 is 26.4. The van der Waals surface area contributed by atoms with E-state index in [-0.39, 0.29) is 10.6 Å². The number of carbonyl (C=O) groups is 1. The summed E-state index contributed by atoms with van der Waals surface area (Å²) in [5.41, 5.74) is 10.9. The second kappa shape index (κ2) is 5.83. The molecule has 1 unspecified atom stereocenters. The van der Waals surface area contributed by atoms with Gasteiger partial charge in [-0.2, -0.15) is 4.72 Å². The van der Waals surface area contributed by atoms with Crippen LogP contribution in [0.3, 0.4) is 0 Å². The molecule has 1 rings (SSSR count). The average molecular weight is 271 g/mol. The van der Waals surface area contributed by atoms with E-state index in [4.69, 9.17) is 11.5 Å². The van der Waals surface area contributed by atoms with E-state index in [1.807, 2.05) is 6.92 Å². The third-order valence-corrected chi connectivity index (χ3v) is 3.97. The van der Waals surface area contributed by atoms with Gasteiger partial charge in [0.2, 0.25) is 15.9 Å². The third-order valence-electron chi connectivity index (χ3n) is 2.43. The summed E-state index contributed by atoms with van der Waals surface area (Å²) in [6.07, 6.45) is 0.988. The Morgan fingerprint density at radius 3 is 2.50 bits per heavy atom. The monoisotopic (exact) mass is 271 g/mol. The first kappa shape index (κ1) is 14.5. The molecule has 1 aromatic carbocycles. The lowest BCUT2D eigenvalue weighted by Crippen LogP contribution is -2.44. The smallest absolute Gasteiger partial charge is 0.243 e. The number of hydrogen-bond donors (Lipinski definition) is 3. The molecule has 0 aromatic heterocycles. The van der Waals surface area contributed by atoms with E-state index in [1.165, 1.54) is 12.1 Å². The van der Waals surface area contributed by atoms with E-state index < -0.39 is 22.0 Å². The van der Waals surface area contributed by atoms with Gasteiger partial charge < -0.3 is 11.5 Å². The van der Waals surface area contributed by atoms with Crippen LogP contribution in [0.2, 0.25) is 0 Å². The van der Waals surface area contributed by atoms with E-state index in [0.29, 0.717) is 12.8 Å². The van der Waals surface area contributed by atoms with Gasteiger partial charge in [-0.3, -0.25) is 4.79 Å². The Bertz CT molecular complexity index is 528. The number of amides is 1. The van der Waals surface area contributed by atoms with Crippen molar-refractivity contribution in [2.45, 2.75) is 30.7 Å². The fourth-order valence-corrected chi connectivity index (χ4v) is 2.90. The number of benzene rings is 1. The van der Waals surface area contributed by atoms with Gasteiger partial charge in [-0.05, 0) is 18.6 Å². The highest BCUT2D eigenvalue weighted by atomic mass is 32.2.